The molecule has 190 valence electrons. The maximum absolute atomic E-state index is 13.9. The van der Waals surface area contributed by atoms with Gasteiger partial charge in [-0.2, -0.15) is 0 Å². The van der Waals surface area contributed by atoms with Crippen molar-refractivity contribution >= 4 is 11.9 Å². The van der Waals surface area contributed by atoms with Crippen molar-refractivity contribution in [2.45, 2.75) is 103 Å². The first-order valence-corrected chi connectivity index (χ1v) is 12.9. The van der Waals surface area contributed by atoms with E-state index >= 15 is 0 Å². The number of rotatable bonds is 9. The topological polar surface area (TPSA) is 77.5 Å². The minimum absolute atomic E-state index is 0.0818. The van der Waals surface area contributed by atoms with Crippen LogP contribution in [0, 0.1) is 5.92 Å². The van der Waals surface area contributed by atoms with Gasteiger partial charge >= 0.3 is 11.9 Å². The van der Waals surface area contributed by atoms with Crippen molar-refractivity contribution in [1.29, 1.82) is 0 Å². The third-order valence-electron chi connectivity index (χ3n) is 6.80. The summed E-state index contributed by atoms with van der Waals surface area (Å²) in [4.78, 5) is 30.4. The smallest absolute Gasteiger partial charge is 0.371 e. The molecule has 3 fully saturated rings. The van der Waals surface area contributed by atoms with Gasteiger partial charge in [0.15, 0.2) is 0 Å². The maximum atomic E-state index is 13.9. The van der Waals surface area contributed by atoms with Crippen molar-refractivity contribution < 1.29 is 28.5 Å². The van der Waals surface area contributed by atoms with Gasteiger partial charge in [-0.1, -0.05) is 0 Å². The third-order valence-corrected chi connectivity index (χ3v) is 6.80. The Bertz CT molecular complexity index is 652. The van der Waals surface area contributed by atoms with E-state index in [0.717, 1.165) is 64.6 Å². The van der Waals surface area contributed by atoms with Gasteiger partial charge in [0.1, 0.15) is 5.60 Å². The summed E-state index contributed by atoms with van der Waals surface area (Å²) >= 11 is 0. The van der Waals surface area contributed by atoms with Crippen LogP contribution in [0.25, 0.3) is 0 Å². The molecule has 3 aliphatic rings. The summed E-state index contributed by atoms with van der Waals surface area (Å²) < 4.78 is 24.0. The monoisotopic (exact) mass is 468 g/mol. The third kappa shape index (κ3) is 6.47. The lowest BCUT2D eigenvalue weighted by atomic mass is 9.87. The molecule has 0 aromatic rings. The summed E-state index contributed by atoms with van der Waals surface area (Å²) in [6, 6.07) is 0. The highest BCUT2D eigenvalue weighted by Crippen LogP contribution is 2.38. The summed E-state index contributed by atoms with van der Waals surface area (Å²) in [7, 11) is 0. The average molecular weight is 469 g/mol. The number of carbonyl (C=O) groups is 2. The Hall–Kier alpha value is -1.22. The Morgan fingerprint density at radius 2 is 1.52 bits per heavy atom. The van der Waals surface area contributed by atoms with Crippen molar-refractivity contribution in [2.75, 3.05) is 39.4 Å². The second kappa shape index (κ2) is 11.5. The molecule has 0 N–H and O–H groups in total. The molecular weight excluding hydrogens is 424 g/mol. The van der Waals surface area contributed by atoms with Gasteiger partial charge in [0, 0.05) is 32.8 Å². The number of nitrogens with zero attached hydrogens (tertiary/aromatic N) is 2. The molecule has 0 bridgehead atoms. The number of hydrogen-bond acceptors (Lipinski definition) is 8. The summed E-state index contributed by atoms with van der Waals surface area (Å²) in [5.74, 6) is -1.78. The lowest BCUT2D eigenvalue weighted by molar-refractivity contribution is -0.275. The van der Waals surface area contributed by atoms with Gasteiger partial charge in [-0.3, -0.25) is 14.6 Å². The fourth-order valence-corrected chi connectivity index (χ4v) is 5.30. The van der Waals surface area contributed by atoms with Crippen LogP contribution < -0.4 is 0 Å². The van der Waals surface area contributed by atoms with E-state index in [1.165, 1.54) is 0 Å². The Morgan fingerprint density at radius 3 is 2.09 bits per heavy atom. The highest BCUT2D eigenvalue weighted by atomic mass is 16.6. The van der Waals surface area contributed by atoms with Gasteiger partial charge in [-0.25, -0.2) is 4.79 Å². The lowest BCUT2D eigenvalue weighted by Gasteiger charge is -2.48. The molecule has 1 aliphatic carbocycles. The van der Waals surface area contributed by atoms with E-state index in [4.69, 9.17) is 18.9 Å². The zero-order valence-electron chi connectivity index (χ0n) is 21.3. The molecule has 2 aliphatic heterocycles. The van der Waals surface area contributed by atoms with Crippen LogP contribution in [0.1, 0.15) is 79.6 Å². The predicted molar refractivity (Wildman–Crippen MR) is 124 cm³/mol. The van der Waals surface area contributed by atoms with Gasteiger partial charge in [0.2, 0.25) is 0 Å². The van der Waals surface area contributed by atoms with E-state index < -0.39 is 11.4 Å². The SMILES string of the molecule is CCOC(=O)[C@H]1CC[C@H](OC(C(=O)OC(C)(C)C)(N2CCCC2)N2CC[C@H](OCC)C2)CC1. The molecule has 0 radical (unpaired) electrons. The van der Waals surface area contributed by atoms with Gasteiger partial charge in [-0.15, -0.1) is 0 Å². The molecule has 1 saturated carbocycles. The molecule has 0 aromatic carbocycles. The predicted octanol–water partition coefficient (Wildman–Crippen LogP) is 3.33. The van der Waals surface area contributed by atoms with E-state index in [9.17, 15) is 9.59 Å². The summed E-state index contributed by atoms with van der Waals surface area (Å²) in [5, 5.41) is 0. The van der Waals surface area contributed by atoms with Crippen LogP contribution in [-0.2, 0) is 28.5 Å². The number of likely N-dealkylation sites (tertiary alicyclic amines) is 2. The number of ether oxygens (including phenoxy) is 4. The highest BCUT2D eigenvalue weighted by Gasteiger charge is 2.57. The van der Waals surface area contributed by atoms with Gasteiger partial charge in [-0.05, 0) is 79.6 Å². The minimum atomic E-state index is -1.25. The largest absolute Gasteiger partial charge is 0.466 e. The Kier molecular flexibility index (Phi) is 9.17. The standard InChI is InChI=1S/C25H44N2O6/c1-6-30-21-14-17-27(18-21)25(26-15-8-9-16-26,23(29)33-24(3,4)5)32-20-12-10-19(11-13-20)22(28)31-7-2/h19-21H,6-18H2,1-5H3/t19-,20-,21-,25?/m0/s1. The Morgan fingerprint density at radius 1 is 0.848 bits per heavy atom. The Labute approximate surface area is 199 Å². The van der Waals surface area contributed by atoms with E-state index in [1.54, 1.807) is 0 Å². The zero-order chi connectivity index (χ0) is 24.1. The molecular formula is C25H44N2O6. The molecule has 2 heterocycles. The summed E-state index contributed by atoms with van der Waals surface area (Å²) in [5.41, 5.74) is -0.619. The van der Waals surface area contributed by atoms with E-state index in [-0.39, 0.29) is 30.1 Å². The van der Waals surface area contributed by atoms with Crippen LogP contribution in [0.15, 0.2) is 0 Å². The molecule has 8 nitrogen and oxygen atoms in total. The van der Waals surface area contributed by atoms with Crippen LogP contribution in [0.4, 0.5) is 0 Å². The molecule has 1 unspecified atom stereocenters. The molecule has 0 spiro atoms. The molecule has 8 heteroatoms. The van der Waals surface area contributed by atoms with Crippen LogP contribution in [0.2, 0.25) is 0 Å². The molecule has 0 aromatic heterocycles. The van der Waals surface area contributed by atoms with Crippen LogP contribution in [0.3, 0.4) is 0 Å². The average Bonchev–Trinajstić information content (AvgIpc) is 3.44. The first-order chi connectivity index (χ1) is 15.7. The fourth-order valence-electron chi connectivity index (χ4n) is 5.30. The lowest BCUT2D eigenvalue weighted by Crippen LogP contribution is -2.68. The molecule has 2 atom stereocenters. The second-order valence-electron chi connectivity index (χ2n) is 10.5. The minimum Gasteiger partial charge on any atom is -0.466 e. The van der Waals surface area contributed by atoms with Crippen molar-refractivity contribution in [2.24, 2.45) is 5.92 Å². The molecule has 3 rings (SSSR count). The maximum Gasteiger partial charge on any atom is 0.371 e. The van der Waals surface area contributed by atoms with Crippen LogP contribution >= 0.6 is 0 Å². The number of hydrogen-bond donors (Lipinski definition) is 0. The number of esters is 2. The number of carbonyl (C=O) groups excluding carboxylic acids is 2. The summed E-state index contributed by atoms with van der Waals surface area (Å²) in [6.45, 7) is 13.6. The van der Waals surface area contributed by atoms with Crippen molar-refractivity contribution in [3.05, 3.63) is 0 Å². The van der Waals surface area contributed by atoms with E-state index in [0.29, 0.717) is 19.8 Å². The van der Waals surface area contributed by atoms with E-state index in [1.807, 2.05) is 34.6 Å². The van der Waals surface area contributed by atoms with Crippen LogP contribution in [0.5, 0.6) is 0 Å². The Balaban J connectivity index is 1.84. The first-order valence-electron chi connectivity index (χ1n) is 12.9. The van der Waals surface area contributed by atoms with Crippen LogP contribution in [-0.4, -0.2) is 84.8 Å². The van der Waals surface area contributed by atoms with Gasteiger partial charge in [0.05, 0.1) is 24.7 Å². The summed E-state index contributed by atoms with van der Waals surface area (Å²) in [6.07, 6.45) is 5.79. The molecule has 33 heavy (non-hydrogen) atoms. The fraction of sp³-hybridized carbons (Fsp3) is 0.920. The van der Waals surface area contributed by atoms with Gasteiger partial charge in [0.25, 0.3) is 5.85 Å². The normalized spacial score (nSPS) is 29.1. The van der Waals surface area contributed by atoms with Gasteiger partial charge < -0.3 is 18.9 Å². The molecule has 2 saturated heterocycles. The second-order valence-corrected chi connectivity index (χ2v) is 10.5. The highest BCUT2D eigenvalue weighted by molar-refractivity contribution is 5.79. The zero-order valence-corrected chi connectivity index (χ0v) is 21.3. The van der Waals surface area contributed by atoms with Crippen molar-refractivity contribution in [3.63, 3.8) is 0 Å². The quantitative estimate of drug-likeness (QED) is 0.477. The van der Waals surface area contributed by atoms with Crippen molar-refractivity contribution in [3.8, 4) is 0 Å². The molecule has 0 amide bonds. The van der Waals surface area contributed by atoms with E-state index in [2.05, 4.69) is 9.80 Å². The first kappa shape index (κ1) is 26.4. The van der Waals surface area contributed by atoms with Crippen molar-refractivity contribution in [1.82, 2.24) is 9.80 Å².